The standard InChI is InChI=1S/C17H24N4O2/c1-13-19-20-15-6-5-14(11-21(13)15)16(23)18-12-17(9-10-22)7-3-2-4-8-17/h5-6,11,22H,2-4,7-10,12H2,1H3,(H,18,23). The molecular formula is C17H24N4O2. The Morgan fingerprint density at radius 2 is 2.09 bits per heavy atom. The highest BCUT2D eigenvalue weighted by atomic mass is 16.3. The molecule has 0 saturated heterocycles. The molecule has 2 aromatic heterocycles. The van der Waals surface area contributed by atoms with E-state index in [2.05, 4.69) is 15.5 Å². The topological polar surface area (TPSA) is 79.5 Å². The molecule has 0 aromatic carbocycles. The van der Waals surface area contributed by atoms with Crippen molar-refractivity contribution in [2.24, 2.45) is 5.41 Å². The Kier molecular flexibility index (Phi) is 4.61. The predicted molar refractivity (Wildman–Crippen MR) is 87.3 cm³/mol. The number of fused-ring (bicyclic) bond motifs is 1. The summed E-state index contributed by atoms with van der Waals surface area (Å²) in [6, 6.07) is 3.58. The molecule has 124 valence electrons. The molecule has 1 aliphatic rings. The maximum atomic E-state index is 12.5. The third-order valence-electron chi connectivity index (χ3n) is 5.02. The minimum atomic E-state index is -0.0807. The number of rotatable bonds is 5. The molecule has 0 spiro atoms. The summed E-state index contributed by atoms with van der Waals surface area (Å²) in [7, 11) is 0. The average Bonchev–Trinajstić information content (AvgIpc) is 2.95. The predicted octanol–water partition coefficient (Wildman–Crippen LogP) is 2.10. The fraction of sp³-hybridized carbons (Fsp3) is 0.588. The SMILES string of the molecule is Cc1nnc2ccc(C(=O)NCC3(CCO)CCCCC3)cn12. The number of nitrogens with zero attached hydrogens (tertiary/aromatic N) is 3. The lowest BCUT2D eigenvalue weighted by Crippen LogP contribution is -2.39. The summed E-state index contributed by atoms with van der Waals surface area (Å²) in [4.78, 5) is 12.5. The van der Waals surface area contributed by atoms with E-state index in [0.29, 0.717) is 12.1 Å². The summed E-state index contributed by atoms with van der Waals surface area (Å²) in [6.07, 6.45) is 8.32. The Labute approximate surface area is 135 Å². The van der Waals surface area contributed by atoms with E-state index in [1.807, 2.05) is 11.3 Å². The van der Waals surface area contributed by atoms with Crippen molar-refractivity contribution in [2.75, 3.05) is 13.2 Å². The number of hydrogen-bond donors (Lipinski definition) is 2. The fourth-order valence-electron chi connectivity index (χ4n) is 3.56. The van der Waals surface area contributed by atoms with Crippen molar-refractivity contribution in [3.63, 3.8) is 0 Å². The summed E-state index contributed by atoms with van der Waals surface area (Å²) < 4.78 is 1.82. The molecule has 6 heteroatoms. The van der Waals surface area contributed by atoms with Crippen LogP contribution >= 0.6 is 0 Å². The molecule has 2 N–H and O–H groups in total. The van der Waals surface area contributed by atoms with Gasteiger partial charge in [-0.2, -0.15) is 0 Å². The Bertz CT molecular complexity index is 683. The second kappa shape index (κ2) is 6.66. The molecule has 1 saturated carbocycles. The lowest BCUT2D eigenvalue weighted by Gasteiger charge is -2.37. The molecule has 2 aromatic rings. The molecule has 0 atom stereocenters. The summed E-state index contributed by atoms with van der Waals surface area (Å²) >= 11 is 0. The Balaban J connectivity index is 1.70. The number of hydrogen-bond acceptors (Lipinski definition) is 4. The zero-order valence-electron chi connectivity index (χ0n) is 13.6. The van der Waals surface area contributed by atoms with Gasteiger partial charge in [0.1, 0.15) is 5.82 Å². The van der Waals surface area contributed by atoms with E-state index in [-0.39, 0.29) is 17.9 Å². The number of carbonyl (C=O) groups excluding carboxylic acids is 1. The van der Waals surface area contributed by atoms with Gasteiger partial charge in [-0.15, -0.1) is 10.2 Å². The maximum absolute atomic E-state index is 12.5. The molecule has 1 aliphatic carbocycles. The van der Waals surface area contributed by atoms with E-state index < -0.39 is 0 Å². The average molecular weight is 316 g/mol. The van der Waals surface area contributed by atoms with Crippen molar-refractivity contribution in [1.82, 2.24) is 19.9 Å². The van der Waals surface area contributed by atoms with E-state index >= 15 is 0 Å². The van der Waals surface area contributed by atoms with E-state index in [9.17, 15) is 9.90 Å². The van der Waals surface area contributed by atoms with Gasteiger partial charge in [-0.25, -0.2) is 0 Å². The first-order valence-corrected chi connectivity index (χ1v) is 8.34. The molecule has 0 bridgehead atoms. The van der Waals surface area contributed by atoms with Crippen LogP contribution in [0.5, 0.6) is 0 Å². The molecule has 2 heterocycles. The van der Waals surface area contributed by atoms with Crippen molar-refractivity contribution in [3.05, 3.63) is 29.7 Å². The van der Waals surface area contributed by atoms with Crippen LogP contribution in [0.2, 0.25) is 0 Å². The molecule has 0 aliphatic heterocycles. The van der Waals surface area contributed by atoms with Crippen LogP contribution in [0.15, 0.2) is 18.3 Å². The lowest BCUT2D eigenvalue weighted by atomic mass is 9.72. The van der Waals surface area contributed by atoms with Crippen molar-refractivity contribution < 1.29 is 9.90 Å². The normalized spacial score (nSPS) is 17.3. The van der Waals surface area contributed by atoms with Gasteiger partial charge >= 0.3 is 0 Å². The summed E-state index contributed by atoms with van der Waals surface area (Å²) in [6.45, 7) is 2.67. The highest BCUT2D eigenvalue weighted by molar-refractivity contribution is 5.94. The van der Waals surface area contributed by atoms with Crippen LogP contribution < -0.4 is 5.32 Å². The molecule has 0 unspecified atom stereocenters. The van der Waals surface area contributed by atoms with Crippen LogP contribution in [-0.2, 0) is 0 Å². The summed E-state index contributed by atoms with van der Waals surface area (Å²) in [5, 5.41) is 20.5. The van der Waals surface area contributed by atoms with Crippen LogP contribution in [0.1, 0.15) is 54.7 Å². The third-order valence-corrected chi connectivity index (χ3v) is 5.02. The number of aliphatic hydroxyl groups is 1. The summed E-state index contributed by atoms with van der Waals surface area (Å²) in [5.74, 6) is 0.682. The van der Waals surface area contributed by atoms with Crippen LogP contribution in [0.25, 0.3) is 5.65 Å². The third kappa shape index (κ3) is 3.37. The number of nitrogens with one attached hydrogen (secondary N) is 1. The van der Waals surface area contributed by atoms with Gasteiger partial charge in [-0.1, -0.05) is 19.3 Å². The van der Waals surface area contributed by atoms with Crippen molar-refractivity contribution in [1.29, 1.82) is 0 Å². The van der Waals surface area contributed by atoms with Crippen LogP contribution in [0.4, 0.5) is 0 Å². The lowest BCUT2D eigenvalue weighted by molar-refractivity contribution is 0.0868. The number of pyridine rings is 1. The quantitative estimate of drug-likeness (QED) is 0.885. The van der Waals surface area contributed by atoms with Crippen molar-refractivity contribution in [3.8, 4) is 0 Å². The molecule has 1 amide bonds. The van der Waals surface area contributed by atoms with E-state index in [1.54, 1.807) is 18.3 Å². The zero-order chi connectivity index (χ0) is 16.3. The largest absolute Gasteiger partial charge is 0.396 e. The Hall–Kier alpha value is -1.95. The van der Waals surface area contributed by atoms with Gasteiger partial charge in [0, 0.05) is 19.3 Å². The summed E-state index contributed by atoms with van der Waals surface area (Å²) in [5.41, 5.74) is 1.40. The van der Waals surface area contributed by atoms with E-state index in [4.69, 9.17) is 0 Å². The number of aromatic nitrogens is 3. The first kappa shape index (κ1) is 15.9. The molecule has 23 heavy (non-hydrogen) atoms. The molecule has 3 rings (SSSR count). The first-order chi connectivity index (χ1) is 11.1. The second-order valence-corrected chi connectivity index (χ2v) is 6.61. The number of carbonyl (C=O) groups is 1. The minimum absolute atomic E-state index is 0.0548. The highest BCUT2D eigenvalue weighted by Crippen LogP contribution is 2.38. The Morgan fingerprint density at radius 1 is 1.30 bits per heavy atom. The van der Waals surface area contributed by atoms with E-state index in [0.717, 1.165) is 30.7 Å². The van der Waals surface area contributed by atoms with E-state index in [1.165, 1.54) is 19.3 Å². The highest BCUT2D eigenvalue weighted by Gasteiger charge is 2.31. The number of aryl methyl sites for hydroxylation is 1. The second-order valence-electron chi connectivity index (χ2n) is 6.61. The van der Waals surface area contributed by atoms with Crippen LogP contribution in [0, 0.1) is 12.3 Å². The smallest absolute Gasteiger partial charge is 0.252 e. The van der Waals surface area contributed by atoms with Gasteiger partial charge in [0.25, 0.3) is 5.91 Å². The minimum Gasteiger partial charge on any atom is -0.396 e. The van der Waals surface area contributed by atoms with Crippen molar-refractivity contribution in [2.45, 2.75) is 45.4 Å². The monoisotopic (exact) mass is 316 g/mol. The zero-order valence-corrected chi connectivity index (χ0v) is 13.6. The fourth-order valence-corrected chi connectivity index (χ4v) is 3.56. The number of aliphatic hydroxyl groups excluding tert-OH is 1. The molecule has 1 fully saturated rings. The van der Waals surface area contributed by atoms with Gasteiger partial charge < -0.3 is 10.4 Å². The van der Waals surface area contributed by atoms with Gasteiger partial charge in [-0.05, 0) is 43.7 Å². The van der Waals surface area contributed by atoms with Crippen molar-refractivity contribution >= 4 is 11.6 Å². The molecule has 6 nitrogen and oxygen atoms in total. The molecule has 0 radical (unpaired) electrons. The van der Waals surface area contributed by atoms with Gasteiger partial charge in [0.05, 0.1) is 5.56 Å². The number of amides is 1. The van der Waals surface area contributed by atoms with Crippen LogP contribution in [0.3, 0.4) is 0 Å². The van der Waals surface area contributed by atoms with Crippen LogP contribution in [-0.4, -0.2) is 38.8 Å². The maximum Gasteiger partial charge on any atom is 0.252 e. The van der Waals surface area contributed by atoms with Gasteiger partial charge in [0.15, 0.2) is 5.65 Å². The molecular weight excluding hydrogens is 292 g/mol. The van der Waals surface area contributed by atoms with Gasteiger partial charge in [0.2, 0.25) is 0 Å². The Morgan fingerprint density at radius 3 is 2.83 bits per heavy atom. The first-order valence-electron chi connectivity index (χ1n) is 8.34. The van der Waals surface area contributed by atoms with Gasteiger partial charge in [-0.3, -0.25) is 9.20 Å².